The Balaban J connectivity index is 1.73. The van der Waals surface area contributed by atoms with Crippen LogP contribution in [0.25, 0.3) is 0 Å². The number of nitrogens with one attached hydrogen (secondary N) is 1. The quantitative estimate of drug-likeness (QED) is 0.866. The number of hydrogen-bond donors (Lipinski definition) is 1. The maximum atomic E-state index is 13.4. The first kappa shape index (κ1) is 12.4. The predicted molar refractivity (Wildman–Crippen MR) is 72.5 cm³/mol. The average molecular weight is 268 g/mol. The first-order valence-corrected chi connectivity index (χ1v) is 7.30. The molecule has 2 saturated carbocycles. The average Bonchev–Trinajstić information content (AvgIpc) is 3.08. The fourth-order valence-electron chi connectivity index (χ4n) is 3.09. The second kappa shape index (κ2) is 5.18. The predicted octanol–water partition coefficient (Wildman–Crippen LogP) is 4.11. The molecule has 18 heavy (non-hydrogen) atoms. The van der Waals surface area contributed by atoms with Gasteiger partial charge < -0.3 is 5.32 Å². The Morgan fingerprint density at radius 3 is 2.83 bits per heavy atom. The molecule has 2 unspecified atom stereocenters. The Morgan fingerprint density at radius 2 is 2.06 bits per heavy atom. The van der Waals surface area contributed by atoms with E-state index in [9.17, 15) is 4.39 Å². The van der Waals surface area contributed by atoms with Crippen LogP contribution in [0.2, 0.25) is 5.02 Å². The molecule has 0 bridgehead atoms. The zero-order chi connectivity index (χ0) is 12.5. The lowest BCUT2D eigenvalue weighted by Crippen LogP contribution is -2.26. The Labute approximate surface area is 113 Å². The third kappa shape index (κ3) is 2.70. The van der Waals surface area contributed by atoms with Crippen LogP contribution < -0.4 is 5.32 Å². The van der Waals surface area contributed by atoms with Crippen LogP contribution in [-0.4, -0.2) is 12.6 Å². The van der Waals surface area contributed by atoms with E-state index in [-0.39, 0.29) is 5.82 Å². The van der Waals surface area contributed by atoms with E-state index in [2.05, 4.69) is 5.32 Å². The van der Waals surface area contributed by atoms with Gasteiger partial charge in [0.15, 0.2) is 0 Å². The third-order valence-corrected chi connectivity index (χ3v) is 4.61. The molecular weight excluding hydrogens is 249 g/mol. The van der Waals surface area contributed by atoms with E-state index >= 15 is 0 Å². The van der Waals surface area contributed by atoms with Crippen LogP contribution in [0.1, 0.15) is 43.6 Å². The van der Waals surface area contributed by atoms with E-state index in [4.69, 9.17) is 11.6 Å². The summed E-state index contributed by atoms with van der Waals surface area (Å²) in [7, 11) is 0. The lowest BCUT2D eigenvalue weighted by molar-refractivity contribution is 0.441. The van der Waals surface area contributed by atoms with Crippen LogP contribution >= 0.6 is 11.6 Å². The van der Waals surface area contributed by atoms with Crippen molar-refractivity contribution in [2.24, 2.45) is 5.92 Å². The van der Waals surface area contributed by atoms with Crippen molar-refractivity contribution in [1.82, 2.24) is 5.32 Å². The van der Waals surface area contributed by atoms with Gasteiger partial charge in [0.05, 0.1) is 0 Å². The molecule has 1 aromatic rings. The number of benzene rings is 1. The molecule has 0 radical (unpaired) electrons. The molecule has 2 atom stereocenters. The standard InChI is InChI=1S/C15H19ClFN/c16-15-7-4-11(17)8-14(15)13-3-1-2-10(13)9-18-12-5-6-12/h4,7-8,10,12-13,18H,1-3,5-6,9H2. The van der Waals surface area contributed by atoms with Gasteiger partial charge in [0, 0.05) is 11.1 Å². The zero-order valence-corrected chi connectivity index (χ0v) is 11.2. The van der Waals surface area contributed by atoms with Crippen molar-refractivity contribution >= 4 is 11.6 Å². The molecule has 0 spiro atoms. The molecule has 2 aliphatic rings. The van der Waals surface area contributed by atoms with Crippen LogP contribution in [0.4, 0.5) is 4.39 Å². The van der Waals surface area contributed by atoms with Crippen LogP contribution in [0, 0.1) is 11.7 Å². The molecule has 0 heterocycles. The third-order valence-electron chi connectivity index (χ3n) is 4.26. The highest BCUT2D eigenvalue weighted by atomic mass is 35.5. The van der Waals surface area contributed by atoms with Crippen molar-refractivity contribution in [1.29, 1.82) is 0 Å². The largest absolute Gasteiger partial charge is 0.314 e. The first-order chi connectivity index (χ1) is 8.74. The molecule has 2 fully saturated rings. The topological polar surface area (TPSA) is 12.0 Å². The smallest absolute Gasteiger partial charge is 0.123 e. The lowest BCUT2D eigenvalue weighted by atomic mass is 9.88. The highest BCUT2D eigenvalue weighted by molar-refractivity contribution is 6.31. The summed E-state index contributed by atoms with van der Waals surface area (Å²) < 4.78 is 13.4. The van der Waals surface area contributed by atoms with Gasteiger partial charge in [0.1, 0.15) is 5.82 Å². The molecule has 0 saturated heterocycles. The van der Waals surface area contributed by atoms with Crippen molar-refractivity contribution in [3.8, 4) is 0 Å². The molecule has 3 heteroatoms. The number of halogens is 2. The van der Waals surface area contributed by atoms with Crippen LogP contribution in [-0.2, 0) is 0 Å². The van der Waals surface area contributed by atoms with Gasteiger partial charge in [0.2, 0.25) is 0 Å². The van der Waals surface area contributed by atoms with E-state index in [1.807, 2.05) is 0 Å². The summed E-state index contributed by atoms with van der Waals surface area (Å²) in [6.45, 7) is 1.06. The van der Waals surface area contributed by atoms with Gasteiger partial charge in [-0.2, -0.15) is 0 Å². The molecule has 0 aliphatic heterocycles. The normalized spacial score (nSPS) is 27.7. The van der Waals surface area contributed by atoms with Crippen LogP contribution in [0.5, 0.6) is 0 Å². The fourth-order valence-corrected chi connectivity index (χ4v) is 3.35. The summed E-state index contributed by atoms with van der Waals surface area (Å²) in [4.78, 5) is 0. The molecule has 1 N–H and O–H groups in total. The van der Waals surface area contributed by atoms with Gasteiger partial charge in [-0.15, -0.1) is 0 Å². The fraction of sp³-hybridized carbons (Fsp3) is 0.600. The summed E-state index contributed by atoms with van der Waals surface area (Å²) in [5, 5.41) is 4.32. The van der Waals surface area contributed by atoms with Gasteiger partial charge in [-0.05, 0) is 67.8 Å². The number of rotatable bonds is 4. The van der Waals surface area contributed by atoms with E-state index < -0.39 is 0 Å². The molecule has 0 aromatic heterocycles. The second-order valence-corrected chi connectivity index (χ2v) is 6.05. The minimum absolute atomic E-state index is 0.171. The SMILES string of the molecule is Fc1ccc(Cl)c(C2CCCC2CNC2CC2)c1. The van der Waals surface area contributed by atoms with E-state index in [1.165, 1.54) is 31.7 Å². The molecule has 98 valence electrons. The van der Waals surface area contributed by atoms with Gasteiger partial charge in [-0.3, -0.25) is 0 Å². The molecule has 2 aliphatic carbocycles. The zero-order valence-electron chi connectivity index (χ0n) is 10.5. The first-order valence-electron chi connectivity index (χ1n) is 6.92. The van der Waals surface area contributed by atoms with E-state index in [0.717, 1.165) is 29.6 Å². The Hall–Kier alpha value is -0.600. The highest BCUT2D eigenvalue weighted by Gasteiger charge is 2.31. The monoisotopic (exact) mass is 267 g/mol. The Kier molecular flexibility index (Phi) is 3.58. The molecule has 0 amide bonds. The van der Waals surface area contributed by atoms with E-state index in [0.29, 0.717) is 11.8 Å². The van der Waals surface area contributed by atoms with Crippen molar-refractivity contribution in [3.05, 3.63) is 34.6 Å². The maximum Gasteiger partial charge on any atom is 0.123 e. The summed E-state index contributed by atoms with van der Waals surface area (Å²) in [5.41, 5.74) is 1.01. The summed E-state index contributed by atoms with van der Waals surface area (Å²) in [6, 6.07) is 5.51. The summed E-state index contributed by atoms with van der Waals surface area (Å²) in [5.74, 6) is 0.875. The van der Waals surface area contributed by atoms with E-state index in [1.54, 1.807) is 12.1 Å². The highest BCUT2D eigenvalue weighted by Crippen LogP contribution is 2.42. The Morgan fingerprint density at radius 1 is 1.22 bits per heavy atom. The molecule has 1 nitrogen and oxygen atoms in total. The van der Waals surface area contributed by atoms with Gasteiger partial charge >= 0.3 is 0 Å². The maximum absolute atomic E-state index is 13.4. The minimum atomic E-state index is -0.171. The lowest BCUT2D eigenvalue weighted by Gasteiger charge is -2.21. The van der Waals surface area contributed by atoms with Crippen molar-refractivity contribution in [2.75, 3.05) is 6.54 Å². The summed E-state index contributed by atoms with van der Waals surface area (Å²) >= 11 is 6.23. The molecular formula is C15H19ClFN. The Bertz CT molecular complexity index is 431. The van der Waals surface area contributed by atoms with Gasteiger partial charge in [-0.25, -0.2) is 4.39 Å². The van der Waals surface area contributed by atoms with Crippen molar-refractivity contribution in [2.45, 2.75) is 44.1 Å². The number of hydrogen-bond acceptors (Lipinski definition) is 1. The van der Waals surface area contributed by atoms with Crippen LogP contribution in [0.15, 0.2) is 18.2 Å². The summed E-state index contributed by atoms with van der Waals surface area (Å²) in [6.07, 6.45) is 6.24. The molecule has 1 aromatic carbocycles. The van der Waals surface area contributed by atoms with Gasteiger partial charge in [0.25, 0.3) is 0 Å². The van der Waals surface area contributed by atoms with Crippen molar-refractivity contribution in [3.63, 3.8) is 0 Å². The van der Waals surface area contributed by atoms with Gasteiger partial charge in [-0.1, -0.05) is 18.0 Å². The van der Waals surface area contributed by atoms with Crippen molar-refractivity contribution < 1.29 is 4.39 Å². The van der Waals surface area contributed by atoms with Crippen LogP contribution in [0.3, 0.4) is 0 Å². The second-order valence-electron chi connectivity index (χ2n) is 5.65. The minimum Gasteiger partial charge on any atom is -0.314 e. The molecule has 3 rings (SSSR count).